The highest BCUT2D eigenvalue weighted by atomic mass is 32.2. The van der Waals surface area contributed by atoms with E-state index in [0.717, 1.165) is 12.1 Å². The Morgan fingerprint density at radius 3 is 2.08 bits per heavy atom. The minimum Gasteiger partial charge on any atom is -0.493 e. The van der Waals surface area contributed by atoms with Crippen molar-refractivity contribution in [1.82, 2.24) is 4.98 Å². The van der Waals surface area contributed by atoms with Crippen molar-refractivity contribution in [2.45, 2.75) is 5.75 Å². The average Bonchev–Trinajstić information content (AvgIpc) is 1.78. The SMILES string of the molecule is O=S(=O)(O)Cc1cc(O)nc(O)c1. The van der Waals surface area contributed by atoms with Gasteiger partial charge in [0.1, 0.15) is 5.75 Å². The van der Waals surface area contributed by atoms with Crippen molar-refractivity contribution in [3.63, 3.8) is 0 Å². The molecule has 0 aliphatic heterocycles. The van der Waals surface area contributed by atoms with E-state index in [1.54, 1.807) is 0 Å². The van der Waals surface area contributed by atoms with E-state index in [2.05, 4.69) is 4.98 Å². The third kappa shape index (κ3) is 3.26. The molecular weight excluding hydrogens is 198 g/mol. The first-order valence-electron chi connectivity index (χ1n) is 3.21. The normalized spacial score (nSPS) is 11.5. The molecule has 0 fully saturated rings. The fourth-order valence-electron chi connectivity index (χ4n) is 0.849. The van der Waals surface area contributed by atoms with Crippen molar-refractivity contribution in [2.75, 3.05) is 0 Å². The van der Waals surface area contributed by atoms with Gasteiger partial charge in [0.15, 0.2) is 0 Å². The Kier molecular flexibility index (Phi) is 2.39. The summed E-state index contributed by atoms with van der Waals surface area (Å²) < 4.78 is 29.2. The van der Waals surface area contributed by atoms with Gasteiger partial charge in [0.25, 0.3) is 10.1 Å². The molecule has 0 bridgehead atoms. The van der Waals surface area contributed by atoms with Crippen LogP contribution in [0.4, 0.5) is 0 Å². The first-order valence-corrected chi connectivity index (χ1v) is 4.82. The summed E-state index contributed by atoms with van der Waals surface area (Å²) >= 11 is 0. The van der Waals surface area contributed by atoms with Gasteiger partial charge in [-0.25, -0.2) is 0 Å². The second kappa shape index (κ2) is 3.19. The molecule has 0 saturated heterocycles. The highest BCUT2D eigenvalue weighted by molar-refractivity contribution is 7.85. The molecule has 6 nitrogen and oxygen atoms in total. The highest BCUT2D eigenvalue weighted by Gasteiger charge is 2.08. The summed E-state index contributed by atoms with van der Waals surface area (Å²) in [5.41, 5.74) is 0.0625. The molecule has 0 atom stereocenters. The molecule has 0 radical (unpaired) electrons. The van der Waals surface area contributed by atoms with E-state index in [1.807, 2.05) is 0 Å². The summed E-state index contributed by atoms with van der Waals surface area (Å²) in [6.07, 6.45) is 0. The van der Waals surface area contributed by atoms with E-state index in [4.69, 9.17) is 14.8 Å². The molecule has 0 saturated carbocycles. The fraction of sp³-hybridized carbons (Fsp3) is 0.167. The van der Waals surface area contributed by atoms with Gasteiger partial charge in [-0.15, -0.1) is 0 Å². The number of hydrogen-bond acceptors (Lipinski definition) is 5. The largest absolute Gasteiger partial charge is 0.493 e. The predicted molar refractivity (Wildman–Crippen MR) is 42.8 cm³/mol. The second-order valence-corrected chi connectivity index (χ2v) is 3.87. The monoisotopic (exact) mass is 205 g/mol. The van der Waals surface area contributed by atoms with Crippen LogP contribution in [-0.2, 0) is 15.9 Å². The topological polar surface area (TPSA) is 108 Å². The zero-order valence-electron chi connectivity index (χ0n) is 6.38. The Balaban J connectivity index is 3.03. The Morgan fingerprint density at radius 1 is 1.23 bits per heavy atom. The molecule has 1 aromatic heterocycles. The first kappa shape index (κ1) is 9.75. The minimum absolute atomic E-state index is 0.0625. The molecular formula is C6H7NO5S. The maximum absolute atomic E-state index is 10.4. The predicted octanol–water partition coefficient (Wildman–Crippen LogP) is -0.119. The Hall–Kier alpha value is -1.34. The van der Waals surface area contributed by atoms with Crippen LogP contribution >= 0.6 is 0 Å². The van der Waals surface area contributed by atoms with Gasteiger partial charge in [-0.1, -0.05) is 0 Å². The van der Waals surface area contributed by atoms with Crippen molar-refractivity contribution in [2.24, 2.45) is 0 Å². The second-order valence-electron chi connectivity index (χ2n) is 2.42. The van der Waals surface area contributed by atoms with Gasteiger partial charge in [-0.2, -0.15) is 13.4 Å². The molecule has 0 aliphatic rings. The molecule has 72 valence electrons. The van der Waals surface area contributed by atoms with Crippen molar-refractivity contribution >= 4 is 10.1 Å². The summed E-state index contributed by atoms with van der Waals surface area (Å²) in [7, 11) is -4.16. The Morgan fingerprint density at radius 2 is 1.69 bits per heavy atom. The number of rotatable bonds is 2. The quantitative estimate of drug-likeness (QED) is 0.581. The Bertz CT molecular complexity index is 393. The maximum Gasteiger partial charge on any atom is 0.269 e. The molecule has 3 N–H and O–H groups in total. The summed E-state index contributed by atoms with van der Waals surface area (Å²) in [5, 5.41) is 17.7. The lowest BCUT2D eigenvalue weighted by molar-refractivity contribution is 0.412. The van der Waals surface area contributed by atoms with Gasteiger partial charge in [-0.3, -0.25) is 4.55 Å². The number of aromatic hydroxyl groups is 2. The van der Waals surface area contributed by atoms with Crippen LogP contribution in [0, 0.1) is 0 Å². The van der Waals surface area contributed by atoms with Crippen LogP contribution < -0.4 is 0 Å². The van der Waals surface area contributed by atoms with E-state index < -0.39 is 27.6 Å². The number of hydrogen-bond donors (Lipinski definition) is 3. The summed E-state index contributed by atoms with van der Waals surface area (Å²) in [4.78, 5) is 3.20. The van der Waals surface area contributed by atoms with Gasteiger partial charge in [0.05, 0.1) is 0 Å². The molecule has 13 heavy (non-hydrogen) atoms. The lowest BCUT2D eigenvalue weighted by atomic mass is 10.3. The molecule has 7 heteroatoms. The zero-order valence-corrected chi connectivity index (χ0v) is 7.19. The number of pyridine rings is 1. The van der Waals surface area contributed by atoms with Crippen LogP contribution in [0.2, 0.25) is 0 Å². The van der Waals surface area contributed by atoms with Gasteiger partial charge in [-0.05, 0) is 5.56 Å². The van der Waals surface area contributed by atoms with Crippen molar-refractivity contribution in [3.05, 3.63) is 17.7 Å². The Labute approximate surface area is 74.2 Å². The maximum atomic E-state index is 10.4. The summed E-state index contributed by atoms with van der Waals surface area (Å²) in [6, 6.07) is 2.07. The molecule has 0 amide bonds. The van der Waals surface area contributed by atoms with Gasteiger partial charge in [0.2, 0.25) is 11.8 Å². The lowest BCUT2D eigenvalue weighted by Gasteiger charge is -1.99. The number of aromatic nitrogens is 1. The van der Waals surface area contributed by atoms with E-state index in [0.29, 0.717) is 0 Å². The van der Waals surface area contributed by atoms with E-state index in [-0.39, 0.29) is 5.56 Å². The van der Waals surface area contributed by atoms with E-state index in [9.17, 15) is 8.42 Å². The first-order chi connectivity index (χ1) is 5.87. The van der Waals surface area contributed by atoms with E-state index >= 15 is 0 Å². The van der Waals surface area contributed by atoms with Crippen LogP contribution in [0.1, 0.15) is 5.56 Å². The third-order valence-electron chi connectivity index (χ3n) is 1.21. The molecule has 0 aromatic carbocycles. The van der Waals surface area contributed by atoms with Crippen LogP contribution in [0.5, 0.6) is 11.8 Å². The van der Waals surface area contributed by atoms with Crippen molar-refractivity contribution < 1.29 is 23.2 Å². The molecule has 1 heterocycles. The lowest BCUT2D eigenvalue weighted by Crippen LogP contribution is -2.01. The molecule has 0 aliphatic carbocycles. The summed E-state index contributed by atoms with van der Waals surface area (Å²) in [5.74, 6) is -1.67. The average molecular weight is 205 g/mol. The van der Waals surface area contributed by atoms with E-state index in [1.165, 1.54) is 0 Å². The molecule has 0 spiro atoms. The molecule has 0 unspecified atom stereocenters. The zero-order chi connectivity index (χ0) is 10.1. The number of nitrogens with zero attached hydrogens (tertiary/aromatic N) is 1. The van der Waals surface area contributed by atoms with Crippen molar-refractivity contribution in [1.29, 1.82) is 0 Å². The fourth-order valence-corrected chi connectivity index (χ4v) is 1.44. The smallest absolute Gasteiger partial charge is 0.269 e. The summed E-state index contributed by atoms with van der Waals surface area (Å²) in [6.45, 7) is 0. The highest BCUT2D eigenvalue weighted by Crippen LogP contribution is 2.16. The van der Waals surface area contributed by atoms with Gasteiger partial charge >= 0.3 is 0 Å². The third-order valence-corrected chi connectivity index (χ3v) is 1.91. The minimum atomic E-state index is -4.16. The molecule has 1 aromatic rings. The van der Waals surface area contributed by atoms with Crippen LogP contribution in [0.25, 0.3) is 0 Å². The van der Waals surface area contributed by atoms with Crippen LogP contribution in [-0.4, -0.2) is 28.2 Å². The van der Waals surface area contributed by atoms with Crippen molar-refractivity contribution in [3.8, 4) is 11.8 Å². The molecule has 1 rings (SSSR count). The van der Waals surface area contributed by atoms with Crippen LogP contribution in [0.3, 0.4) is 0 Å². The standard InChI is InChI=1S/C6H7NO5S/c8-5-1-4(2-6(9)7-5)3-13(10,11)12/h1-2H,3H2,(H2,7,8,9)(H,10,11,12). The van der Waals surface area contributed by atoms with Gasteiger partial charge in [0, 0.05) is 12.1 Å². The van der Waals surface area contributed by atoms with Gasteiger partial charge < -0.3 is 10.2 Å². The van der Waals surface area contributed by atoms with Crippen LogP contribution in [0.15, 0.2) is 12.1 Å².